The van der Waals surface area contributed by atoms with Crippen LogP contribution in [0.1, 0.15) is 111 Å². The van der Waals surface area contributed by atoms with Gasteiger partial charge in [-0.25, -0.2) is 4.79 Å². The van der Waals surface area contributed by atoms with Gasteiger partial charge >= 0.3 is 6.09 Å². The Bertz CT molecular complexity index is 1030. The Labute approximate surface area is 248 Å². The van der Waals surface area contributed by atoms with Crippen LogP contribution in [0.25, 0.3) is 0 Å². The van der Waals surface area contributed by atoms with Gasteiger partial charge in [-0.3, -0.25) is 14.4 Å². The van der Waals surface area contributed by atoms with Crippen molar-refractivity contribution in [1.82, 2.24) is 0 Å². The quantitative estimate of drug-likeness (QED) is 0.0861. The minimum Gasteiger partial charge on any atom is -0.443 e. The number of nitrogens with one attached hydrogen (secondary N) is 1. The molecule has 1 aromatic carbocycles. The molecular weight excluding hydrogens is 568 g/mol. The van der Waals surface area contributed by atoms with Gasteiger partial charge in [0.2, 0.25) is 0 Å². The van der Waals surface area contributed by atoms with Gasteiger partial charge in [0.1, 0.15) is 5.60 Å². The number of benzene rings is 1. The van der Waals surface area contributed by atoms with Crippen LogP contribution in [0.5, 0.6) is 0 Å². The first-order chi connectivity index (χ1) is 19.2. The van der Waals surface area contributed by atoms with Crippen molar-refractivity contribution >= 4 is 37.7 Å². The van der Waals surface area contributed by atoms with Gasteiger partial charge in [0.05, 0.1) is 11.5 Å². The van der Waals surface area contributed by atoms with Crippen LogP contribution in [-0.4, -0.2) is 62.2 Å². The number of carbonyl (C=O) groups is 1. The molecule has 238 valence electrons. The van der Waals surface area contributed by atoms with E-state index in [4.69, 9.17) is 13.8 Å². The Balaban J connectivity index is 2.55. The standard InChI is InChI=1S/C29H52N2O8S2/c1-4-5-6-7-8-9-10-11-12-21-29(2,3)39-28(32)30-26-17-19-27(20-18-26)31(22-13-15-24-40(33,34)35)23-14-16-25-41(36,37)38/h17-20H,4-16,21-25H2,1-3H3,(H,30,32)(H,33,34,35)(H,36,37,38). The molecule has 0 heterocycles. The predicted octanol–water partition coefficient (Wildman–Crippen LogP) is 7.08. The van der Waals surface area contributed by atoms with E-state index in [0.29, 0.717) is 31.6 Å². The van der Waals surface area contributed by atoms with Crippen LogP contribution >= 0.6 is 0 Å². The highest BCUT2D eigenvalue weighted by molar-refractivity contribution is 7.86. The monoisotopic (exact) mass is 620 g/mol. The molecule has 0 saturated heterocycles. The van der Waals surface area contributed by atoms with Crippen molar-refractivity contribution in [1.29, 1.82) is 0 Å². The van der Waals surface area contributed by atoms with Crippen LogP contribution in [-0.2, 0) is 25.0 Å². The van der Waals surface area contributed by atoms with Crippen molar-refractivity contribution in [2.24, 2.45) is 0 Å². The van der Waals surface area contributed by atoms with Crippen LogP contribution in [0.15, 0.2) is 24.3 Å². The van der Waals surface area contributed by atoms with E-state index in [-0.39, 0.29) is 24.3 Å². The number of hydrogen-bond acceptors (Lipinski definition) is 7. The molecule has 0 bridgehead atoms. The van der Waals surface area contributed by atoms with E-state index in [1.165, 1.54) is 44.9 Å². The number of ether oxygens (including phenoxy) is 1. The molecule has 0 atom stereocenters. The molecule has 0 spiro atoms. The van der Waals surface area contributed by atoms with Crippen molar-refractivity contribution in [3.05, 3.63) is 24.3 Å². The van der Waals surface area contributed by atoms with Gasteiger partial charge in [-0.15, -0.1) is 0 Å². The molecular formula is C29H52N2O8S2. The fraction of sp³-hybridized carbons (Fsp3) is 0.759. The van der Waals surface area contributed by atoms with E-state index in [9.17, 15) is 21.6 Å². The second-order valence-corrected chi connectivity index (χ2v) is 14.5. The van der Waals surface area contributed by atoms with Crippen molar-refractivity contribution in [3.8, 4) is 0 Å². The summed E-state index contributed by atoms with van der Waals surface area (Å²) in [6, 6.07) is 7.12. The van der Waals surface area contributed by atoms with Gasteiger partial charge in [-0.2, -0.15) is 16.8 Å². The zero-order chi connectivity index (χ0) is 30.8. The topological polar surface area (TPSA) is 150 Å². The van der Waals surface area contributed by atoms with Crippen molar-refractivity contribution in [2.45, 2.75) is 116 Å². The molecule has 0 radical (unpaired) electrons. The second kappa shape index (κ2) is 19.3. The molecule has 0 fully saturated rings. The minimum atomic E-state index is -4.03. The van der Waals surface area contributed by atoms with E-state index in [1.54, 1.807) is 12.1 Å². The summed E-state index contributed by atoms with van der Waals surface area (Å²) < 4.78 is 67.6. The highest BCUT2D eigenvalue weighted by atomic mass is 32.2. The van der Waals surface area contributed by atoms with Gasteiger partial charge in [0, 0.05) is 24.5 Å². The van der Waals surface area contributed by atoms with Crippen LogP contribution in [0.4, 0.5) is 16.2 Å². The largest absolute Gasteiger partial charge is 0.443 e. The summed E-state index contributed by atoms with van der Waals surface area (Å²) in [7, 11) is -8.07. The average molecular weight is 621 g/mol. The lowest BCUT2D eigenvalue weighted by atomic mass is 9.99. The summed E-state index contributed by atoms with van der Waals surface area (Å²) in [6.07, 6.45) is 12.9. The van der Waals surface area contributed by atoms with E-state index < -0.39 is 31.9 Å². The van der Waals surface area contributed by atoms with Gasteiger partial charge in [-0.1, -0.05) is 58.3 Å². The second-order valence-electron chi connectivity index (χ2n) is 11.4. The maximum atomic E-state index is 12.5. The van der Waals surface area contributed by atoms with Gasteiger partial charge < -0.3 is 9.64 Å². The molecule has 3 N–H and O–H groups in total. The minimum absolute atomic E-state index is 0.278. The Hall–Kier alpha value is -1.89. The first kappa shape index (κ1) is 37.1. The average Bonchev–Trinajstić information content (AvgIpc) is 2.85. The highest BCUT2D eigenvalue weighted by Gasteiger charge is 2.22. The molecule has 0 aliphatic carbocycles. The third kappa shape index (κ3) is 20.6. The Morgan fingerprint density at radius 1 is 0.756 bits per heavy atom. The molecule has 0 aliphatic rings. The lowest BCUT2D eigenvalue weighted by molar-refractivity contribution is 0.0403. The van der Waals surface area contributed by atoms with E-state index in [1.807, 2.05) is 30.9 Å². The molecule has 1 aromatic rings. The predicted molar refractivity (Wildman–Crippen MR) is 166 cm³/mol. The molecule has 0 saturated carbocycles. The molecule has 41 heavy (non-hydrogen) atoms. The maximum Gasteiger partial charge on any atom is 0.412 e. The zero-order valence-electron chi connectivity index (χ0n) is 25.1. The highest BCUT2D eigenvalue weighted by Crippen LogP contribution is 2.23. The van der Waals surface area contributed by atoms with Crippen LogP contribution in [0, 0.1) is 0 Å². The normalized spacial score (nSPS) is 12.3. The summed E-state index contributed by atoms with van der Waals surface area (Å²) in [6.45, 7) is 7.04. The number of carbonyl (C=O) groups excluding carboxylic acids is 1. The summed E-state index contributed by atoms with van der Waals surface area (Å²) in [5.41, 5.74) is 0.801. The summed E-state index contributed by atoms with van der Waals surface area (Å²) in [5.74, 6) is -0.659. The van der Waals surface area contributed by atoms with Gasteiger partial charge in [0.15, 0.2) is 0 Å². The van der Waals surface area contributed by atoms with Gasteiger partial charge in [0.25, 0.3) is 20.2 Å². The molecule has 0 aliphatic heterocycles. The Kier molecular flexibility index (Phi) is 17.5. The third-order valence-corrected chi connectivity index (χ3v) is 8.50. The summed E-state index contributed by atoms with van der Waals surface area (Å²) >= 11 is 0. The Morgan fingerprint density at radius 3 is 1.68 bits per heavy atom. The fourth-order valence-corrected chi connectivity index (χ4v) is 5.74. The number of unbranched alkanes of at least 4 members (excludes halogenated alkanes) is 10. The van der Waals surface area contributed by atoms with Crippen LogP contribution in [0.2, 0.25) is 0 Å². The fourth-order valence-electron chi connectivity index (χ4n) is 4.61. The first-order valence-corrected chi connectivity index (χ1v) is 18.2. The molecule has 12 heteroatoms. The number of rotatable bonds is 23. The summed E-state index contributed by atoms with van der Waals surface area (Å²) in [5, 5.41) is 2.77. The SMILES string of the molecule is CCCCCCCCCCCC(C)(C)OC(=O)Nc1ccc(N(CCCCS(=O)(=O)O)CCCCS(=O)(=O)O)cc1. The number of nitrogens with zero attached hydrogens (tertiary/aromatic N) is 1. The molecule has 1 rings (SSSR count). The number of anilines is 2. The maximum absolute atomic E-state index is 12.5. The van der Waals surface area contributed by atoms with E-state index in [2.05, 4.69) is 12.2 Å². The summed E-state index contributed by atoms with van der Waals surface area (Å²) in [4.78, 5) is 14.5. The lowest BCUT2D eigenvalue weighted by Crippen LogP contribution is -2.30. The smallest absolute Gasteiger partial charge is 0.412 e. The molecule has 0 unspecified atom stereocenters. The number of amides is 1. The third-order valence-electron chi connectivity index (χ3n) is 6.89. The van der Waals surface area contributed by atoms with Crippen molar-refractivity contribution in [2.75, 3.05) is 34.8 Å². The van der Waals surface area contributed by atoms with E-state index >= 15 is 0 Å². The van der Waals surface area contributed by atoms with E-state index in [0.717, 1.165) is 24.9 Å². The molecule has 0 aromatic heterocycles. The van der Waals surface area contributed by atoms with Gasteiger partial charge in [-0.05, 0) is 76.6 Å². The Morgan fingerprint density at radius 2 is 1.22 bits per heavy atom. The van der Waals surface area contributed by atoms with Crippen LogP contribution in [0.3, 0.4) is 0 Å². The van der Waals surface area contributed by atoms with Crippen LogP contribution < -0.4 is 10.2 Å². The zero-order valence-corrected chi connectivity index (χ0v) is 26.8. The van der Waals surface area contributed by atoms with Crippen molar-refractivity contribution < 1.29 is 35.5 Å². The lowest BCUT2D eigenvalue weighted by Gasteiger charge is -2.26. The van der Waals surface area contributed by atoms with Crippen molar-refractivity contribution in [3.63, 3.8) is 0 Å². The number of hydrogen-bond donors (Lipinski definition) is 3. The molecule has 1 amide bonds. The molecule has 10 nitrogen and oxygen atoms in total. The first-order valence-electron chi connectivity index (χ1n) is 15.0.